The monoisotopic (exact) mass is 572 g/mol. The third-order valence-electron chi connectivity index (χ3n) is 8.16. The van der Waals surface area contributed by atoms with E-state index in [0.717, 1.165) is 60.2 Å². The van der Waals surface area contributed by atoms with Crippen LogP contribution in [0.2, 0.25) is 0 Å². The Balaban J connectivity index is 1.16. The Hall–Kier alpha value is -2.28. The predicted molar refractivity (Wildman–Crippen MR) is 172 cm³/mol. The summed E-state index contributed by atoms with van der Waals surface area (Å²) in [6, 6.07) is 17.3. The van der Waals surface area contributed by atoms with Crippen molar-refractivity contribution in [1.29, 1.82) is 0 Å². The maximum absolute atomic E-state index is 6.17. The number of benzene rings is 3. The van der Waals surface area contributed by atoms with E-state index < -0.39 is 0 Å². The second kappa shape index (κ2) is 13.1. The fourth-order valence-electron chi connectivity index (χ4n) is 5.86. The molecule has 0 radical (unpaired) electrons. The van der Waals surface area contributed by atoms with Gasteiger partial charge in [-0.3, -0.25) is 0 Å². The Morgan fingerprint density at radius 1 is 0.700 bits per heavy atom. The summed E-state index contributed by atoms with van der Waals surface area (Å²) in [5.74, 6) is 1.47. The maximum Gasteiger partial charge on any atom is 0.119 e. The number of hydrogen-bond donors (Lipinski definition) is 0. The zero-order valence-corrected chi connectivity index (χ0v) is 25.4. The molecule has 0 bridgehead atoms. The van der Waals surface area contributed by atoms with Crippen molar-refractivity contribution in [1.82, 2.24) is 0 Å². The highest BCUT2D eigenvalue weighted by atomic mass is 32.2. The Morgan fingerprint density at radius 3 is 2.05 bits per heavy atom. The molecule has 1 aliphatic carbocycles. The second-order valence-corrected chi connectivity index (χ2v) is 13.2. The van der Waals surface area contributed by atoms with Crippen molar-refractivity contribution in [3.63, 3.8) is 0 Å². The van der Waals surface area contributed by atoms with Crippen LogP contribution in [0.3, 0.4) is 0 Å². The topological polar surface area (TPSA) is 43.2 Å². The molecule has 2 heterocycles. The Kier molecular flexibility index (Phi) is 9.15. The van der Waals surface area contributed by atoms with E-state index in [-0.39, 0.29) is 0 Å². The molecule has 6 heteroatoms. The van der Waals surface area contributed by atoms with Gasteiger partial charge in [-0.25, -0.2) is 9.98 Å². The molecule has 0 unspecified atom stereocenters. The first-order chi connectivity index (χ1) is 19.7. The van der Waals surface area contributed by atoms with Crippen molar-refractivity contribution in [2.75, 3.05) is 13.2 Å². The predicted octanol–water partition coefficient (Wildman–Crippen LogP) is 10.5. The van der Waals surface area contributed by atoms with Gasteiger partial charge in [0.2, 0.25) is 0 Å². The zero-order chi connectivity index (χ0) is 27.3. The first-order valence-electron chi connectivity index (χ1n) is 15.2. The Morgan fingerprint density at radius 2 is 1.35 bits per heavy atom. The zero-order valence-electron chi connectivity index (χ0n) is 23.8. The van der Waals surface area contributed by atoms with Gasteiger partial charge in [-0.05, 0) is 87.1 Å². The molecule has 40 heavy (non-hydrogen) atoms. The second-order valence-electron chi connectivity index (χ2n) is 11.1. The van der Waals surface area contributed by atoms with Gasteiger partial charge in [0.25, 0.3) is 0 Å². The number of thioether (sulfide) groups is 2. The van der Waals surface area contributed by atoms with Crippen molar-refractivity contribution in [2.24, 2.45) is 15.9 Å². The average molecular weight is 573 g/mol. The lowest BCUT2D eigenvalue weighted by molar-refractivity contribution is 0.0220. The molecular formula is C34H40N2O2S2. The van der Waals surface area contributed by atoms with Gasteiger partial charge in [0.05, 0.1) is 29.1 Å². The third-order valence-corrected chi connectivity index (χ3v) is 10.4. The molecule has 1 fully saturated rings. The highest BCUT2D eigenvalue weighted by Crippen LogP contribution is 2.51. The Labute approximate surface area is 247 Å². The average Bonchev–Trinajstić information content (AvgIpc) is 3.00. The van der Waals surface area contributed by atoms with Crippen LogP contribution in [0.25, 0.3) is 10.8 Å². The normalized spacial score (nSPS) is 19.9. The highest BCUT2D eigenvalue weighted by molar-refractivity contribution is 8.15. The highest BCUT2D eigenvalue weighted by Gasteiger charge is 2.30. The van der Waals surface area contributed by atoms with Crippen molar-refractivity contribution < 1.29 is 9.47 Å². The summed E-state index contributed by atoms with van der Waals surface area (Å²) in [5, 5.41) is 4.83. The molecule has 3 aliphatic rings. The SMILES string of the molecule is CCCCCOc1ccc(C2=Nc3ccc4c5c(ccc(c35)S2)N=C(C2CCC(OCCCCC)CC2)S4)cc1. The largest absolute Gasteiger partial charge is 0.494 e. The smallest absolute Gasteiger partial charge is 0.119 e. The molecule has 2 aliphatic heterocycles. The molecule has 3 aromatic rings. The van der Waals surface area contributed by atoms with Gasteiger partial charge in [0.15, 0.2) is 0 Å². The molecule has 0 N–H and O–H groups in total. The number of rotatable bonds is 12. The van der Waals surface area contributed by atoms with Gasteiger partial charge in [-0.15, -0.1) is 0 Å². The van der Waals surface area contributed by atoms with E-state index in [4.69, 9.17) is 19.5 Å². The summed E-state index contributed by atoms with van der Waals surface area (Å²) in [5.41, 5.74) is 3.28. The van der Waals surface area contributed by atoms with Gasteiger partial charge in [-0.2, -0.15) is 0 Å². The summed E-state index contributed by atoms with van der Waals surface area (Å²) in [6.45, 7) is 6.15. The lowest BCUT2D eigenvalue weighted by Gasteiger charge is -2.31. The lowest BCUT2D eigenvalue weighted by Crippen LogP contribution is -2.25. The number of nitrogens with zero attached hydrogens (tertiary/aromatic N) is 2. The van der Waals surface area contributed by atoms with Crippen molar-refractivity contribution in [3.05, 3.63) is 54.1 Å². The first-order valence-corrected chi connectivity index (χ1v) is 16.8. The van der Waals surface area contributed by atoms with Crippen LogP contribution in [-0.2, 0) is 4.74 Å². The van der Waals surface area contributed by atoms with Crippen LogP contribution in [-0.4, -0.2) is 29.4 Å². The molecule has 4 nitrogen and oxygen atoms in total. The first kappa shape index (κ1) is 27.9. The standard InChI is InChI=1S/C34H40N2O2S2/c1-3-5-7-21-37-25-13-9-23(10-14-25)33-35-27-17-20-30-32-28(18-19-29(39-33)31(27)32)36-34(40-30)24-11-15-26(16-12-24)38-22-8-6-4-2/h9-10,13-14,17-20,24,26H,3-8,11-12,15-16,21-22H2,1-2H3. The van der Waals surface area contributed by atoms with Crippen LogP contribution < -0.4 is 4.74 Å². The van der Waals surface area contributed by atoms with Crippen LogP contribution >= 0.6 is 23.5 Å². The number of aliphatic imine (C=N–C) groups is 2. The molecule has 0 spiro atoms. The van der Waals surface area contributed by atoms with E-state index in [1.54, 1.807) is 11.8 Å². The van der Waals surface area contributed by atoms with E-state index in [2.05, 4.69) is 62.4 Å². The molecule has 6 rings (SSSR count). The van der Waals surface area contributed by atoms with Gasteiger partial charge in [-0.1, -0.05) is 63.1 Å². The fourth-order valence-corrected chi connectivity index (χ4v) is 8.12. The van der Waals surface area contributed by atoms with E-state index in [1.165, 1.54) is 70.6 Å². The van der Waals surface area contributed by atoms with Crippen LogP contribution in [0.1, 0.15) is 83.6 Å². The molecule has 0 aromatic heterocycles. The summed E-state index contributed by atoms with van der Waals surface area (Å²) < 4.78 is 12.1. The quantitative estimate of drug-likeness (QED) is 0.202. The number of ether oxygens (including phenoxy) is 2. The summed E-state index contributed by atoms with van der Waals surface area (Å²) in [6.07, 6.45) is 12.3. The van der Waals surface area contributed by atoms with E-state index in [1.807, 2.05) is 11.8 Å². The van der Waals surface area contributed by atoms with Gasteiger partial charge < -0.3 is 9.47 Å². The molecule has 0 amide bonds. The maximum atomic E-state index is 6.17. The van der Waals surface area contributed by atoms with E-state index in [9.17, 15) is 0 Å². The molecule has 0 atom stereocenters. The Bertz CT molecular complexity index is 1390. The van der Waals surface area contributed by atoms with Crippen molar-refractivity contribution in [3.8, 4) is 5.75 Å². The van der Waals surface area contributed by atoms with Crippen LogP contribution in [0, 0.1) is 5.92 Å². The molecule has 1 saturated carbocycles. The van der Waals surface area contributed by atoms with E-state index >= 15 is 0 Å². The van der Waals surface area contributed by atoms with Crippen molar-refractivity contribution >= 4 is 55.8 Å². The molecule has 0 saturated heterocycles. The fraction of sp³-hybridized carbons (Fsp3) is 0.471. The minimum absolute atomic E-state index is 0.430. The van der Waals surface area contributed by atoms with Crippen LogP contribution in [0.5, 0.6) is 5.75 Å². The molecule has 3 aromatic carbocycles. The summed E-state index contributed by atoms with van der Waals surface area (Å²) >= 11 is 3.64. The number of hydrogen-bond acceptors (Lipinski definition) is 6. The number of unbranched alkanes of at least 4 members (excludes halogenated alkanes) is 4. The van der Waals surface area contributed by atoms with Gasteiger partial charge in [0.1, 0.15) is 10.8 Å². The lowest BCUT2D eigenvalue weighted by atomic mass is 9.88. The minimum atomic E-state index is 0.430. The molecule has 210 valence electrons. The van der Waals surface area contributed by atoms with Crippen molar-refractivity contribution in [2.45, 2.75) is 94.0 Å². The van der Waals surface area contributed by atoms with Gasteiger partial charge in [0, 0.05) is 38.7 Å². The summed E-state index contributed by atoms with van der Waals surface area (Å²) in [7, 11) is 0. The minimum Gasteiger partial charge on any atom is -0.494 e. The van der Waals surface area contributed by atoms with Crippen LogP contribution in [0.4, 0.5) is 11.4 Å². The molecular weight excluding hydrogens is 533 g/mol. The summed E-state index contributed by atoms with van der Waals surface area (Å²) in [4.78, 5) is 12.9. The van der Waals surface area contributed by atoms with Crippen LogP contribution in [0.15, 0.2) is 68.3 Å². The third kappa shape index (κ3) is 6.14. The van der Waals surface area contributed by atoms with Gasteiger partial charge >= 0.3 is 0 Å². The van der Waals surface area contributed by atoms with E-state index in [0.29, 0.717) is 12.0 Å².